The van der Waals surface area contributed by atoms with Gasteiger partial charge >= 0.3 is 0 Å². The van der Waals surface area contributed by atoms with Crippen molar-refractivity contribution in [3.8, 4) is 5.75 Å². The van der Waals surface area contributed by atoms with Crippen LogP contribution in [0.5, 0.6) is 5.75 Å². The maximum atomic E-state index is 13.6. The van der Waals surface area contributed by atoms with Crippen molar-refractivity contribution in [3.05, 3.63) is 42.2 Å². The maximum Gasteiger partial charge on any atom is 0.244 e. The van der Waals surface area contributed by atoms with E-state index in [1.165, 1.54) is 35.4 Å². The first kappa shape index (κ1) is 14.0. The van der Waals surface area contributed by atoms with Crippen molar-refractivity contribution in [2.45, 2.75) is 13.1 Å². The number of carbonyl (C=O) groups excluding carboxylic acids is 1. The number of nitrogens with zero attached hydrogens (tertiary/aromatic N) is 4. The van der Waals surface area contributed by atoms with Gasteiger partial charge in [0.1, 0.15) is 19.2 Å². The summed E-state index contributed by atoms with van der Waals surface area (Å²) in [6, 6.07) is 4.62. The summed E-state index contributed by atoms with van der Waals surface area (Å²) in [7, 11) is 3.06. The van der Waals surface area contributed by atoms with Gasteiger partial charge in [0.2, 0.25) is 5.91 Å². The second-order valence-electron chi connectivity index (χ2n) is 4.31. The Bertz CT molecular complexity index is 586. The third-order valence-electron chi connectivity index (χ3n) is 2.83. The lowest BCUT2D eigenvalue weighted by Crippen LogP contribution is -2.30. The molecule has 0 bridgehead atoms. The monoisotopic (exact) mass is 278 g/mol. The van der Waals surface area contributed by atoms with E-state index in [2.05, 4.69) is 10.1 Å². The van der Waals surface area contributed by atoms with E-state index in [0.717, 1.165) is 0 Å². The van der Waals surface area contributed by atoms with Gasteiger partial charge in [-0.15, -0.1) is 0 Å². The van der Waals surface area contributed by atoms with Crippen LogP contribution in [-0.2, 0) is 17.9 Å². The number of carbonyl (C=O) groups is 1. The molecule has 0 N–H and O–H groups in total. The van der Waals surface area contributed by atoms with Crippen LogP contribution in [-0.4, -0.2) is 39.7 Å². The number of aromatic nitrogens is 3. The molecular formula is C13H15FN4O2. The lowest BCUT2D eigenvalue weighted by molar-refractivity contribution is -0.131. The quantitative estimate of drug-likeness (QED) is 0.821. The molecule has 6 nitrogen and oxygen atoms in total. The highest BCUT2D eigenvalue weighted by Gasteiger charge is 2.12. The van der Waals surface area contributed by atoms with Gasteiger partial charge in [0, 0.05) is 13.6 Å². The van der Waals surface area contributed by atoms with Crippen LogP contribution in [0.25, 0.3) is 0 Å². The molecule has 0 spiro atoms. The van der Waals surface area contributed by atoms with Gasteiger partial charge in [-0.2, -0.15) is 5.10 Å². The van der Waals surface area contributed by atoms with E-state index in [1.54, 1.807) is 19.2 Å². The fraction of sp³-hybridized carbons (Fsp3) is 0.308. The zero-order valence-corrected chi connectivity index (χ0v) is 11.3. The number of ether oxygens (including phenoxy) is 1. The van der Waals surface area contributed by atoms with Crippen molar-refractivity contribution in [2.24, 2.45) is 0 Å². The van der Waals surface area contributed by atoms with Crippen LogP contribution >= 0.6 is 0 Å². The molecule has 1 aromatic carbocycles. The molecule has 0 atom stereocenters. The highest BCUT2D eigenvalue weighted by Crippen LogP contribution is 2.18. The minimum absolute atomic E-state index is 0.106. The van der Waals surface area contributed by atoms with Crippen molar-refractivity contribution in [2.75, 3.05) is 14.2 Å². The zero-order valence-electron chi connectivity index (χ0n) is 11.3. The van der Waals surface area contributed by atoms with Gasteiger partial charge in [-0.1, -0.05) is 6.07 Å². The number of halogens is 1. The first-order valence-corrected chi connectivity index (χ1v) is 5.99. The van der Waals surface area contributed by atoms with Crippen LogP contribution in [0, 0.1) is 5.82 Å². The molecular weight excluding hydrogens is 263 g/mol. The summed E-state index contributed by atoms with van der Waals surface area (Å²) in [5.74, 6) is -0.390. The molecule has 0 fully saturated rings. The summed E-state index contributed by atoms with van der Waals surface area (Å²) in [5, 5.41) is 3.86. The first-order valence-electron chi connectivity index (χ1n) is 5.99. The average molecular weight is 278 g/mol. The number of hydrogen-bond donors (Lipinski definition) is 0. The first-order chi connectivity index (χ1) is 9.60. The molecule has 0 aliphatic carbocycles. The summed E-state index contributed by atoms with van der Waals surface area (Å²) < 4.78 is 19.8. The molecule has 2 aromatic rings. The summed E-state index contributed by atoms with van der Waals surface area (Å²) in [6.45, 7) is 0.420. The van der Waals surface area contributed by atoms with E-state index in [9.17, 15) is 9.18 Å². The smallest absolute Gasteiger partial charge is 0.244 e. The normalized spacial score (nSPS) is 10.3. The fourth-order valence-electron chi connectivity index (χ4n) is 1.74. The molecule has 0 aliphatic rings. The Labute approximate surface area is 115 Å². The predicted octanol–water partition coefficient (Wildman–Crippen LogP) is 1.08. The third-order valence-corrected chi connectivity index (χ3v) is 2.83. The van der Waals surface area contributed by atoms with Gasteiger partial charge in [0.15, 0.2) is 11.6 Å². The van der Waals surface area contributed by atoms with Gasteiger partial charge in [-0.05, 0) is 17.7 Å². The van der Waals surface area contributed by atoms with Gasteiger partial charge < -0.3 is 9.64 Å². The molecule has 0 radical (unpaired) electrons. The van der Waals surface area contributed by atoms with Gasteiger partial charge in [0.25, 0.3) is 0 Å². The highest BCUT2D eigenvalue weighted by atomic mass is 19.1. The van der Waals surface area contributed by atoms with Crippen molar-refractivity contribution in [1.29, 1.82) is 0 Å². The summed E-state index contributed by atoms with van der Waals surface area (Å²) in [6.07, 6.45) is 2.84. The van der Waals surface area contributed by atoms with Crippen LogP contribution in [0.4, 0.5) is 4.39 Å². The minimum atomic E-state index is -0.442. The predicted molar refractivity (Wildman–Crippen MR) is 69.4 cm³/mol. The Kier molecular flexibility index (Phi) is 4.29. The second-order valence-corrected chi connectivity index (χ2v) is 4.31. The van der Waals surface area contributed by atoms with E-state index in [4.69, 9.17) is 4.74 Å². The van der Waals surface area contributed by atoms with Crippen LogP contribution < -0.4 is 4.74 Å². The van der Waals surface area contributed by atoms with E-state index in [-0.39, 0.29) is 18.2 Å². The van der Waals surface area contributed by atoms with Crippen LogP contribution in [0.15, 0.2) is 30.9 Å². The molecule has 1 amide bonds. The highest BCUT2D eigenvalue weighted by molar-refractivity contribution is 5.75. The Balaban J connectivity index is 1.98. The largest absolute Gasteiger partial charge is 0.494 e. The van der Waals surface area contributed by atoms with Crippen LogP contribution in [0.3, 0.4) is 0 Å². The molecule has 2 rings (SSSR count). The van der Waals surface area contributed by atoms with Gasteiger partial charge in [-0.25, -0.2) is 14.1 Å². The summed E-state index contributed by atoms with van der Waals surface area (Å²) in [5.41, 5.74) is 0.692. The Hall–Kier alpha value is -2.44. The lowest BCUT2D eigenvalue weighted by atomic mass is 10.2. The van der Waals surface area contributed by atoms with Crippen molar-refractivity contribution >= 4 is 5.91 Å². The fourth-order valence-corrected chi connectivity index (χ4v) is 1.74. The lowest BCUT2D eigenvalue weighted by Gasteiger charge is -2.17. The minimum Gasteiger partial charge on any atom is -0.494 e. The third kappa shape index (κ3) is 3.31. The molecule has 0 saturated heterocycles. The standard InChI is InChI=1S/C13H15FN4O2/c1-17(13(19)7-18-9-15-8-16-18)6-10-3-4-12(20-2)11(14)5-10/h3-5,8-9H,6-7H2,1-2H3. The Morgan fingerprint density at radius 1 is 1.50 bits per heavy atom. The average Bonchev–Trinajstić information content (AvgIpc) is 2.91. The summed E-state index contributed by atoms with van der Waals surface area (Å²) >= 11 is 0. The van der Waals surface area contributed by atoms with Crippen molar-refractivity contribution in [1.82, 2.24) is 19.7 Å². The zero-order chi connectivity index (χ0) is 14.5. The van der Waals surface area contributed by atoms with E-state index >= 15 is 0 Å². The number of likely N-dealkylation sites (N-methyl/N-ethyl adjacent to an activating group) is 1. The number of methoxy groups -OCH3 is 1. The van der Waals surface area contributed by atoms with Gasteiger partial charge in [-0.3, -0.25) is 4.79 Å². The SMILES string of the molecule is COc1ccc(CN(C)C(=O)Cn2cncn2)cc1F. The topological polar surface area (TPSA) is 60.2 Å². The number of benzene rings is 1. The number of hydrogen-bond acceptors (Lipinski definition) is 4. The number of rotatable bonds is 5. The molecule has 20 heavy (non-hydrogen) atoms. The molecule has 1 aromatic heterocycles. The molecule has 0 aliphatic heterocycles. The summed E-state index contributed by atoms with van der Waals surface area (Å²) in [4.78, 5) is 17.2. The van der Waals surface area contributed by atoms with Crippen molar-refractivity contribution < 1.29 is 13.9 Å². The van der Waals surface area contributed by atoms with E-state index in [1.807, 2.05) is 0 Å². The maximum absolute atomic E-state index is 13.6. The van der Waals surface area contributed by atoms with Crippen molar-refractivity contribution in [3.63, 3.8) is 0 Å². The van der Waals surface area contributed by atoms with Crippen LogP contribution in [0.1, 0.15) is 5.56 Å². The number of amides is 1. The molecule has 106 valence electrons. The second kappa shape index (κ2) is 6.14. The Morgan fingerprint density at radius 2 is 2.30 bits per heavy atom. The van der Waals surface area contributed by atoms with E-state index < -0.39 is 5.82 Å². The molecule has 0 unspecified atom stereocenters. The molecule has 1 heterocycles. The molecule has 0 saturated carbocycles. The van der Waals surface area contributed by atoms with Gasteiger partial charge in [0.05, 0.1) is 7.11 Å². The molecule has 7 heteroatoms. The van der Waals surface area contributed by atoms with Crippen LogP contribution in [0.2, 0.25) is 0 Å². The van der Waals surface area contributed by atoms with E-state index in [0.29, 0.717) is 12.1 Å². The Morgan fingerprint density at radius 3 is 2.90 bits per heavy atom.